The van der Waals surface area contributed by atoms with Gasteiger partial charge in [0.1, 0.15) is 12.4 Å². The zero-order chi connectivity index (χ0) is 23.7. The van der Waals surface area contributed by atoms with Crippen LogP contribution in [0.3, 0.4) is 0 Å². The van der Waals surface area contributed by atoms with E-state index in [0.29, 0.717) is 13.2 Å². The molecule has 0 spiro atoms. The molecule has 0 saturated heterocycles. The maximum atomic E-state index is 6.21. The highest BCUT2D eigenvalue weighted by Gasteiger charge is 2.23. The fraction of sp³-hybridized carbons (Fsp3) is 0.250. The first kappa shape index (κ1) is 21.9. The molecule has 0 amide bonds. The van der Waals surface area contributed by atoms with Crippen LogP contribution in [0.1, 0.15) is 36.6 Å². The lowest BCUT2D eigenvalue weighted by Crippen LogP contribution is -2.29. The molecule has 0 radical (unpaired) electrons. The van der Waals surface area contributed by atoms with Crippen molar-refractivity contribution in [3.8, 4) is 29.1 Å². The number of benzene rings is 3. The molecule has 6 heteroatoms. The average molecular weight is 454 g/mol. The predicted octanol–water partition coefficient (Wildman–Crippen LogP) is 4.69. The summed E-state index contributed by atoms with van der Waals surface area (Å²) in [6.45, 7) is 4.91. The minimum atomic E-state index is -0.527. The Labute approximate surface area is 199 Å². The van der Waals surface area contributed by atoms with Crippen LogP contribution in [0.15, 0.2) is 67.0 Å². The zero-order valence-corrected chi connectivity index (χ0v) is 19.5. The molecule has 34 heavy (non-hydrogen) atoms. The molecule has 1 unspecified atom stereocenters. The summed E-state index contributed by atoms with van der Waals surface area (Å²) in [5.41, 5.74) is 10.5. The van der Waals surface area contributed by atoms with Crippen molar-refractivity contribution in [3.63, 3.8) is 0 Å². The summed E-state index contributed by atoms with van der Waals surface area (Å²) < 4.78 is 19.6. The van der Waals surface area contributed by atoms with Crippen LogP contribution < -0.4 is 19.9 Å². The van der Waals surface area contributed by atoms with Gasteiger partial charge in [0.2, 0.25) is 0 Å². The minimum Gasteiger partial charge on any atom is -0.497 e. The number of nitrogens with zero attached hydrogens (tertiary/aromatic N) is 2. The third-order valence-electron chi connectivity index (χ3n) is 5.66. The van der Waals surface area contributed by atoms with Gasteiger partial charge in [-0.05, 0) is 67.4 Å². The number of fused-ring (bicyclic) bond motifs is 2. The first-order valence-electron chi connectivity index (χ1n) is 11.2. The molecular formula is C28H27N3O3. The van der Waals surface area contributed by atoms with Crippen LogP contribution in [0.25, 0.3) is 11.0 Å². The summed E-state index contributed by atoms with van der Waals surface area (Å²) in [5, 5.41) is 0. The molecule has 6 nitrogen and oxygen atoms in total. The average Bonchev–Trinajstić information content (AvgIpc) is 3.24. The number of hydrogen-bond acceptors (Lipinski definition) is 5. The standard InChI is InChI=1S/C28H27N3O3/c1-28(2,29)13-12-19-4-10-24-23(14-19)30-18-31(24)16-20-5-11-25-26(15-20)33-17-27(34-25)21-6-8-22(32-3)9-7-21/h4-11,14-15,18,27H,16-17,29H2,1-3H3. The lowest BCUT2D eigenvalue weighted by Gasteiger charge is -2.27. The Hall–Kier alpha value is -3.95. The molecule has 0 saturated carbocycles. The molecule has 1 atom stereocenters. The molecule has 5 rings (SSSR count). The third kappa shape index (κ3) is 4.70. The second-order valence-electron chi connectivity index (χ2n) is 9.02. The van der Waals surface area contributed by atoms with E-state index in [1.54, 1.807) is 7.11 Å². The number of hydrogen-bond donors (Lipinski definition) is 1. The van der Waals surface area contributed by atoms with Crippen LogP contribution in [0.4, 0.5) is 0 Å². The summed E-state index contributed by atoms with van der Waals surface area (Å²) in [4.78, 5) is 4.56. The fourth-order valence-corrected chi connectivity index (χ4v) is 3.89. The maximum absolute atomic E-state index is 6.21. The predicted molar refractivity (Wildman–Crippen MR) is 132 cm³/mol. The lowest BCUT2D eigenvalue weighted by atomic mass is 10.1. The van der Waals surface area contributed by atoms with Crippen molar-refractivity contribution in [2.24, 2.45) is 5.73 Å². The topological polar surface area (TPSA) is 71.5 Å². The fourth-order valence-electron chi connectivity index (χ4n) is 3.89. The largest absolute Gasteiger partial charge is 0.497 e. The monoisotopic (exact) mass is 453 g/mol. The molecule has 2 N–H and O–H groups in total. The van der Waals surface area contributed by atoms with Crippen molar-refractivity contribution in [2.45, 2.75) is 32.0 Å². The van der Waals surface area contributed by atoms with Gasteiger partial charge in [0, 0.05) is 12.1 Å². The smallest absolute Gasteiger partial charge is 0.162 e. The van der Waals surface area contributed by atoms with E-state index in [1.165, 1.54) is 0 Å². The van der Waals surface area contributed by atoms with Gasteiger partial charge in [-0.1, -0.05) is 30.0 Å². The Balaban J connectivity index is 1.32. The van der Waals surface area contributed by atoms with Crippen molar-refractivity contribution in [1.82, 2.24) is 9.55 Å². The Bertz CT molecular complexity index is 1390. The summed E-state index contributed by atoms with van der Waals surface area (Å²) in [6, 6.07) is 20.0. The Morgan fingerprint density at radius 2 is 1.91 bits per heavy atom. The molecule has 3 aromatic carbocycles. The van der Waals surface area contributed by atoms with Gasteiger partial charge in [0.15, 0.2) is 17.6 Å². The van der Waals surface area contributed by atoms with E-state index >= 15 is 0 Å². The SMILES string of the molecule is COc1ccc(C2COc3cc(Cn4cnc5cc(C#CC(C)(C)N)ccc54)ccc3O2)cc1. The number of nitrogens with two attached hydrogens (primary N) is 1. The van der Waals surface area contributed by atoms with Gasteiger partial charge in [-0.2, -0.15) is 0 Å². The van der Waals surface area contributed by atoms with Crippen LogP contribution in [0.5, 0.6) is 17.2 Å². The summed E-state index contributed by atoms with van der Waals surface area (Å²) >= 11 is 0. The summed E-state index contributed by atoms with van der Waals surface area (Å²) in [5.74, 6) is 8.51. The van der Waals surface area contributed by atoms with E-state index < -0.39 is 5.54 Å². The van der Waals surface area contributed by atoms with E-state index in [2.05, 4.69) is 27.5 Å². The van der Waals surface area contributed by atoms with Gasteiger partial charge >= 0.3 is 0 Å². The van der Waals surface area contributed by atoms with Crippen LogP contribution in [0.2, 0.25) is 0 Å². The van der Waals surface area contributed by atoms with Gasteiger partial charge < -0.3 is 24.5 Å². The second-order valence-corrected chi connectivity index (χ2v) is 9.02. The summed E-state index contributed by atoms with van der Waals surface area (Å²) in [6.07, 6.45) is 1.70. The Morgan fingerprint density at radius 1 is 1.09 bits per heavy atom. The highest BCUT2D eigenvalue weighted by molar-refractivity contribution is 5.77. The van der Waals surface area contributed by atoms with Gasteiger partial charge in [-0.3, -0.25) is 0 Å². The molecule has 172 valence electrons. The van der Waals surface area contributed by atoms with Crippen LogP contribution in [-0.4, -0.2) is 28.8 Å². The van der Waals surface area contributed by atoms with Crippen molar-refractivity contribution < 1.29 is 14.2 Å². The summed E-state index contributed by atoms with van der Waals surface area (Å²) in [7, 11) is 1.66. The van der Waals surface area contributed by atoms with E-state index in [0.717, 1.165) is 45.0 Å². The quantitative estimate of drug-likeness (QED) is 0.454. The second kappa shape index (κ2) is 8.77. The molecule has 2 heterocycles. The van der Waals surface area contributed by atoms with Gasteiger partial charge in [0.25, 0.3) is 0 Å². The van der Waals surface area contributed by atoms with Crippen LogP contribution in [0, 0.1) is 11.8 Å². The molecule has 1 aliphatic heterocycles. The normalized spacial score (nSPS) is 15.0. The molecule has 0 aliphatic carbocycles. The Morgan fingerprint density at radius 3 is 2.68 bits per heavy atom. The number of rotatable bonds is 4. The van der Waals surface area contributed by atoms with Crippen molar-refractivity contribution in [2.75, 3.05) is 13.7 Å². The van der Waals surface area contributed by atoms with E-state index in [1.807, 2.05) is 74.8 Å². The number of methoxy groups -OCH3 is 1. The molecular weight excluding hydrogens is 426 g/mol. The van der Waals surface area contributed by atoms with Crippen molar-refractivity contribution in [1.29, 1.82) is 0 Å². The van der Waals surface area contributed by atoms with Crippen molar-refractivity contribution >= 4 is 11.0 Å². The highest BCUT2D eigenvalue weighted by atomic mass is 16.6. The van der Waals surface area contributed by atoms with Crippen LogP contribution in [-0.2, 0) is 6.54 Å². The van der Waals surface area contributed by atoms with E-state index in [4.69, 9.17) is 19.9 Å². The number of aromatic nitrogens is 2. The van der Waals surface area contributed by atoms with Crippen molar-refractivity contribution in [3.05, 3.63) is 83.7 Å². The zero-order valence-electron chi connectivity index (χ0n) is 19.5. The molecule has 0 bridgehead atoms. The van der Waals surface area contributed by atoms with Gasteiger partial charge in [0.05, 0.1) is 30.0 Å². The lowest BCUT2D eigenvalue weighted by molar-refractivity contribution is 0.0911. The van der Waals surface area contributed by atoms with E-state index in [9.17, 15) is 0 Å². The minimum absolute atomic E-state index is 0.149. The third-order valence-corrected chi connectivity index (χ3v) is 5.66. The first-order chi connectivity index (χ1) is 16.4. The van der Waals surface area contributed by atoms with Gasteiger partial charge in [-0.25, -0.2) is 4.98 Å². The number of ether oxygens (including phenoxy) is 3. The molecule has 1 aliphatic rings. The molecule has 4 aromatic rings. The molecule has 1 aromatic heterocycles. The highest BCUT2D eigenvalue weighted by Crippen LogP contribution is 2.37. The van der Waals surface area contributed by atoms with Crippen LogP contribution >= 0.6 is 0 Å². The van der Waals surface area contributed by atoms with E-state index in [-0.39, 0.29) is 6.10 Å². The van der Waals surface area contributed by atoms with Gasteiger partial charge in [-0.15, -0.1) is 0 Å². The molecule has 0 fully saturated rings. The maximum Gasteiger partial charge on any atom is 0.162 e. The first-order valence-corrected chi connectivity index (χ1v) is 11.2. The Kier molecular flexibility index (Phi) is 5.64. The number of imidazole rings is 1.